The van der Waals surface area contributed by atoms with E-state index in [1.54, 1.807) is 7.11 Å². The van der Waals surface area contributed by atoms with E-state index in [4.69, 9.17) is 4.74 Å². The number of ether oxygens (including phenoxy) is 1. The third kappa shape index (κ3) is 9.07. The zero-order chi connectivity index (χ0) is 15.3. The highest BCUT2D eigenvalue weighted by Crippen LogP contribution is 2.07. The molecule has 0 saturated carbocycles. The van der Waals surface area contributed by atoms with E-state index < -0.39 is 0 Å². The van der Waals surface area contributed by atoms with Crippen LogP contribution in [0.4, 0.5) is 0 Å². The predicted octanol–water partition coefficient (Wildman–Crippen LogP) is 3.34. The standard InChI is InChI=1S/C16H28N4O.HI/c1-4-6-7-8-12-18-16(17-5-2)19-13-14-10-9-11-15(20-14)21-3;/h9-11H,4-8,12-13H2,1-3H3,(H2,17,18,19);1H. The van der Waals surface area contributed by atoms with Crippen LogP contribution in [0.5, 0.6) is 5.88 Å². The maximum atomic E-state index is 5.12. The molecular formula is C16H29IN4O. The van der Waals surface area contributed by atoms with Crippen LogP contribution in [0.1, 0.15) is 45.2 Å². The van der Waals surface area contributed by atoms with Crippen molar-refractivity contribution in [1.29, 1.82) is 0 Å². The van der Waals surface area contributed by atoms with Crippen LogP contribution >= 0.6 is 24.0 Å². The summed E-state index contributed by atoms with van der Waals surface area (Å²) in [7, 11) is 1.62. The molecule has 1 heterocycles. The quantitative estimate of drug-likeness (QED) is 0.279. The third-order valence-electron chi connectivity index (χ3n) is 3.06. The number of pyridine rings is 1. The lowest BCUT2D eigenvalue weighted by molar-refractivity contribution is 0.396. The van der Waals surface area contributed by atoms with Gasteiger partial charge in [-0.25, -0.2) is 9.98 Å². The summed E-state index contributed by atoms with van der Waals surface area (Å²) < 4.78 is 5.12. The minimum atomic E-state index is 0. The molecule has 0 aliphatic heterocycles. The molecule has 0 bridgehead atoms. The number of aliphatic imine (C=N–C) groups is 1. The normalized spacial score (nSPS) is 10.8. The maximum absolute atomic E-state index is 5.12. The second kappa shape index (κ2) is 13.6. The first-order valence-electron chi connectivity index (χ1n) is 7.82. The van der Waals surface area contributed by atoms with E-state index in [0.717, 1.165) is 24.7 Å². The monoisotopic (exact) mass is 420 g/mol. The van der Waals surface area contributed by atoms with Crippen LogP contribution in [-0.4, -0.2) is 31.1 Å². The molecular weight excluding hydrogens is 391 g/mol. The minimum absolute atomic E-state index is 0. The molecule has 0 radical (unpaired) electrons. The summed E-state index contributed by atoms with van der Waals surface area (Å²) in [5.74, 6) is 1.47. The molecule has 0 spiro atoms. The number of methoxy groups -OCH3 is 1. The predicted molar refractivity (Wildman–Crippen MR) is 103 cm³/mol. The Morgan fingerprint density at radius 1 is 1.18 bits per heavy atom. The number of rotatable bonds is 9. The van der Waals surface area contributed by atoms with Crippen molar-refractivity contribution >= 4 is 29.9 Å². The Labute approximate surface area is 151 Å². The van der Waals surface area contributed by atoms with Crippen LogP contribution in [0.2, 0.25) is 0 Å². The van der Waals surface area contributed by atoms with E-state index in [-0.39, 0.29) is 24.0 Å². The molecule has 0 saturated heterocycles. The summed E-state index contributed by atoms with van der Waals surface area (Å²) in [6, 6.07) is 5.73. The first kappa shape index (κ1) is 20.9. The zero-order valence-electron chi connectivity index (χ0n) is 13.9. The first-order chi connectivity index (χ1) is 10.3. The van der Waals surface area contributed by atoms with Crippen LogP contribution in [-0.2, 0) is 6.54 Å². The van der Waals surface area contributed by atoms with E-state index in [9.17, 15) is 0 Å². The van der Waals surface area contributed by atoms with E-state index in [1.165, 1.54) is 25.7 Å². The highest BCUT2D eigenvalue weighted by molar-refractivity contribution is 14.0. The van der Waals surface area contributed by atoms with Gasteiger partial charge in [-0.05, 0) is 19.4 Å². The van der Waals surface area contributed by atoms with Gasteiger partial charge >= 0.3 is 0 Å². The number of nitrogens with one attached hydrogen (secondary N) is 2. The average Bonchev–Trinajstić information content (AvgIpc) is 2.52. The number of halogens is 1. The van der Waals surface area contributed by atoms with Gasteiger partial charge in [-0.1, -0.05) is 32.3 Å². The van der Waals surface area contributed by atoms with Crippen molar-refractivity contribution in [2.45, 2.75) is 46.1 Å². The first-order valence-corrected chi connectivity index (χ1v) is 7.82. The molecule has 2 N–H and O–H groups in total. The Balaban J connectivity index is 0.00000441. The van der Waals surface area contributed by atoms with Gasteiger partial charge in [-0.15, -0.1) is 24.0 Å². The molecule has 5 nitrogen and oxygen atoms in total. The second-order valence-electron chi connectivity index (χ2n) is 4.85. The molecule has 0 unspecified atom stereocenters. The van der Waals surface area contributed by atoms with Crippen LogP contribution in [0.3, 0.4) is 0 Å². The van der Waals surface area contributed by atoms with E-state index in [1.807, 2.05) is 18.2 Å². The summed E-state index contributed by atoms with van der Waals surface area (Å²) in [5, 5.41) is 6.61. The van der Waals surface area contributed by atoms with Crippen molar-refractivity contribution in [3.8, 4) is 5.88 Å². The van der Waals surface area contributed by atoms with Gasteiger partial charge in [0.25, 0.3) is 0 Å². The number of unbranched alkanes of at least 4 members (excludes halogenated alkanes) is 3. The molecule has 0 aliphatic rings. The van der Waals surface area contributed by atoms with Gasteiger partial charge in [-0.3, -0.25) is 0 Å². The van der Waals surface area contributed by atoms with Gasteiger partial charge in [0.2, 0.25) is 5.88 Å². The summed E-state index contributed by atoms with van der Waals surface area (Å²) in [6.07, 6.45) is 4.99. The highest BCUT2D eigenvalue weighted by Gasteiger charge is 1.99. The summed E-state index contributed by atoms with van der Waals surface area (Å²) in [6.45, 7) is 6.64. The molecule has 0 aromatic carbocycles. The van der Waals surface area contributed by atoms with E-state index in [0.29, 0.717) is 12.4 Å². The fourth-order valence-electron chi connectivity index (χ4n) is 1.92. The third-order valence-corrected chi connectivity index (χ3v) is 3.06. The Morgan fingerprint density at radius 2 is 2.00 bits per heavy atom. The molecule has 1 aromatic rings. The number of aromatic nitrogens is 1. The Kier molecular flexibility index (Phi) is 13.0. The van der Waals surface area contributed by atoms with Crippen molar-refractivity contribution in [3.63, 3.8) is 0 Å². The van der Waals surface area contributed by atoms with Crippen LogP contribution < -0.4 is 15.4 Å². The van der Waals surface area contributed by atoms with Crippen LogP contribution in [0, 0.1) is 0 Å². The fourth-order valence-corrected chi connectivity index (χ4v) is 1.92. The summed E-state index contributed by atoms with van der Waals surface area (Å²) >= 11 is 0. The maximum Gasteiger partial charge on any atom is 0.213 e. The molecule has 0 aliphatic carbocycles. The van der Waals surface area contributed by atoms with Gasteiger partial charge in [0.1, 0.15) is 0 Å². The van der Waals surface area contributed by atoms with Crippen LogP contribution in [0.15, 0.2) is 23.2 Å². The van der Waals surface area contributed by atoms with Gasteiger partial charge in [-0.2, -0.15) is 0 Å². The minimum Gasteiger partial charge on any atom is -0.481 e. The smallest absolute Gasteiger partial charge is 0.213 e. The SMILES string of the molecule is CCCCCCNC(=NCc1cccc(OC)n1)NCC.I. The van der Waals surface area contributed by atoms with Gasteiger partial charge in [0.15, 0.2) is 5.96 Å². The molecule has 22 heavy (non-hydrogen) atoms. The Hall–Kier alpha value is -1.05. The number of hydrogen-bond acceptors (Lipinski definition) is 3. The van der Waals surface area contributed by atoms with Crippen molar-refractivity contribution in [3.05, 3.63) is 23.9 Å². The van der Waals surface area contributed by atoms with Gasteiger partial charge in [0.05, 0.1) is 19.3 Å². The molecule has 0 atom stereocenters. The van der Waals surface area contributed by atoms with Gasteiger partial charge in [0, 0.05) is 19.2 Å². The molecule has 126 valence electrons. The summed E-state index contributed by atoms with van der Waals surface area (Å²) in [5.41, 5.74) is 0.900. The zero-order valence-corrected chi connectivity index (χ0v) is 16.2. The number of nitrogens with zero attached hydrogens (tertiary/aromatic N) is 2. The molecule has 0 amide bonds. The molecule has 1 aromatic heterocycles. The van der Waals surface area contributed by atoms with Crippen LogP contribution in [0.25, 0.3) is 0 Å². The number of hydrogen-bond donors (Lipinski definition) is 2. The summed E-state index contributed by atoms with van der Waals surface area (Å²) in [4.78, 5) is 8.91. The molecule has 6 heteroatoms. The fraction of sp³-hybridized carbons (Fsp3) is 0.625. The lowest BCUT2D eigenvalue weighted by atomic mass is 10.2. The van der Waals surface area contributed by atoms with Crippen molar-refractivity contribution in [2.75, 3.05) is 20.2 Å². The Bertz CT molecular complexity index is 426. The molecule has 1 rings (SSSR count). The second-order valence-corrected chi connectivity index (χ2v) is 4.85. The topological polar surface area (TPSA) is 58.5 Å². The van der Waals surface area contributed by atoms with E-state index in [2.05, 4.69) is 34.5 Å². The van der Waals surface area contributed by atoms with Crippen molar-refractivity contribution in [2.24, 2.45) is 4.99 Å². The Morgan fingerprint density at radius 3 is 2.68 bits per heavy atom. The van der Waals surface area contributed by atoms with Crippen molar-refractivity contribution in [1.82, 2.24) is 15.6 Å². The van der Waals surface area contributed by atoms with Crippen molar-refractivity contribution < 1.29 is 4.74 Å². The van der Waals surface area contributed by atoms with E-state index >= 15 is 0 Å². The van der Waals surface area contributed by atoms with Gasteiger partial charge < -0.3 is 15.4 Å². The lowest BCUT2D eigenvalue weighted by Crippen LogP contribution is -2.37. The highest BCUT2D eigenvalue weighted by atomic mass is 127. The molecule has 0 fully saturated rings. The lowest BCUT2D eigenvalue weighted by Gasteiger charge is -2.11. The largest absolute Gasteiger partial charge is 0.481 e. The average molecular weight is 420 g/mol. The number of guanidine groups is 1.